The summed E-state index contributed by atoms with van der Waals surface area (Å²) in [5.41, 5.74) is 1.30. The number of nitrogens with one attached hydrogen (secondary N) is 1. The highest BCUT2D eigenvalue weighted by molar-refractivity contribution is 5.28. The molecule has 4 atom stereocenters. The molecule has 2 saturated carbocycles. The zero-order valence-corrected chi connectivity index (χ0v) is 11.1. The summed E-state index contributed by atoms with van der Waals surface area (Å²) in [7, 11) is 0. The van der Waals surface area contributed by atoms with Crippen LogP contribution in [-0.4, -0.2) is 11.1 Å². The molecule has 2 bridgehead atoms. The Bertz CT molecular complexity index is 400. The number of hydrogen-bond donors (Lipinski definition) is 2. The predicted molar refractivity (Wildman–Crippen MR) is 73.5 cm³/mol. The molecule has 1 aromatic rings. The van der Waals surface area contributed by atoms with Gasteiger partial charge in [-0.3, -0.25) is 0 Å². The van der Waals surface area contributed by atoms with E-state index in [0.717, 1.165) is 24.3 Å². The molecule has 0 radical (unpaired) electrons. The SMILES string of the molecule is CCC(NC1CC2CCC1C2)c1ccc(O)cc1. The minimum absolute atomic E-state index is 0.355. The Hall–Kier alpha value is -1.02. The lowest BCUT2D eigenvalue weighted by atomic mass is 9.93. The van der Waals surface area contributed by atoms with Crippen LogP contribution in [0.25, 0.3) is 0 Å². The first-order valence-corrected chi connectivity index (χ1v) is 7.31. The monoisotopic (exact) mass is 245 g/mol. The maximum Gasteiger partial charge on any atom is 0.115 e. The van der Waals surface area contributed by atoms with E-state index in [0.29, 0.717) is 11.8 Å². The lowest BCUT2D eigenvalue weighted by Gasteiger charge is -2.28. The van der Waals surface area contributed by atoms with Crippen molar-refractivity contribution in [2.24, 2.45) is 11.8 Å². The van der Waals surface area contributed by atoms with E-state index in [1.165, 1.54) is 31.2 Å². The van der Waals surface area contributed by atoms with E-state index >= 15 is 0 Å². The van der Waals surface area contributed by atoms with E-state index < -0.39 is 0 Å². The molecule has 2 N–H and O–H groups in total. The van der Waals surface area contributed by atoms with Crippen molar-refractivity contribution in [3.63, 3.8) is 0 Å². The van der Waals surface area contributed by atoms with E-state index in [1.807, 2.05) is 12.1 Å². The van der Waals surface area contributed by atoms with Crippen molar-refractivity contribution in [3.05, 3.63) is 29.8 Å². The minimum atomic E-state index is 0.355. The largest absolute Gasteiger partial charge is 0.508 e. The molecule has 18 heavy (non-hydrogen) atoms. The molecule has 98 valence electrons. The van der Waals surface area contributed by atoms with Gasteiger partial charge in [0, 0.05) is 12.1 Å². The Morgan fingerprint density at radius 1 is 1.22 bits per heavy atom. The van der Waals surface area contributed by atoms with Crippen LogP contribution in [0.5, 0.6) is 5.75 Å². The van der Waals surface area contributed by atoms with E-state index in [-0.39, 0.29) is 0 Å². The minimum Gasteiger partial charge on any atom is -0.508 e. The van der Waals surface area contributed by atoms with Crippen LogP contribution in [0, 0.1) is 11.8 Å². The van der Waals surface area contributed by atoms with Gasteiger partial charge in [0.15, 0.2) is 0 Å². The van der Waals surface area contributed by atoms with Gasteiger partial charge in [-0.05, 0) is 55.2 Å². The second-order valence-corrected chi connectivity index (χ2v) is 6.00. The van der Waals surface area contributed by atoms with Crippen molar-refractivity contribution in [1.82, 2.24) is 5.32 Å². The van der Waals surface area contributed by atoms with E-state index in [2.05, 4.69) is 12.2 Å². The van der Waals surface area contributed by atoms with Crippen LogP contribution in [0.4, 0.5) is 0 Å². The van der Waals surface area contributed by atoms with Crippen LogP contribution in [0.3, 0.4) is 0 Å². The fourth-order valence-electron chi connectivity index (χ4n) is 3.86. The molecule has 0 saturated heterocycles. The van der Waals surface area contributed by atoms with Crippen molar-refractivity contribution in [1.29, 1.82) is 0 Å². The molecule has 3 rings (SSSR count). The van der Waals surface area contributed by atoms with Gasteiger partial charge in [0.25, 0.3) is 0 Å². The molecule has 0 aromatic heterocycles. The molecule has 2 aliphatic carbocycles. The first-order chi connectivity index (χ1) is 8.76. The first kappa shape index (κ1) is 12.0. The average Bonchev–Trinajstić information content (AvgIpc) is 2.99. The lowest BCUT2D eigenvalue weighted by Crippen LogP contribution is -2.36. The Balaban J connectivity index is 1.67. The summed E-state index contributed by atoms with van der Waals surface area (Å²) in [6, 6.07) is 8.84. The average molecular weight is 245 g/mol. The molecule has 0 aliphatic heterocycles. The Kier molecular flexibility index (Phi) is 3.29. The number of phenolic OH excluding ortho intramolecular Hbond substituents is 1. The molecular weight excluding hydrogens is 222 g/mol. The number of benzene rings is 1. The maximum atomic E-state index is 9.36. The third kappa shape index (κ3) is 2.26. The second-order valence-electron chi connectivity index (χ2n) is 6.00. The highest BCUT2D eigenvalue weighted by atomic mass is 16.3. The summed E-state index contributed by atoms with van der Waals surface area (Å²) in [6.07, 6.45) is 6.81. The summed E-state index contributed by atoms with van der Waals surface area (Å²) in [6.45, 7) is 2.23. The van der Waals surface area contributed by atoms with Crippen molar-refractivity contribution in [2.75, 3.05) is 0 Å². The topological polar surface area (TPSA) is 32.3 Å². The molecular formula is C16H23NO. The van der Waals surface area contributed by atoms with Gasteiger partial charge in [0.2, 0.25) is 0 Å². The first-order valence-electron chi connectivity index (χ1n) is 7.31. The Labute approximate surface area is 109 Å². The third-order valence-corrected chi connectivity index (χ3v) is 4.86. The van der Waals surface area contributed by atoms with Crippen LogP contribution in [0.1, 0.15) is 50.6 Å². The molecule has 2 fully saturated rings. The van der Waals surface area contributed by atoms with Gasteiger partial charge in [-0.1, -0.05) is 25.5 Å². The van der Waals surface area contributed by atoms with Gasteiger partial charge in [-0.15, -0.1) is 0 Å². The van der Waals surface area contributed by atoms with Gasteiger partial charge in [0.1, 0.15) is 5.75 Å². The molecule has 1 aromatic carbocycles. The third-order valence-electron chi connectivity index (χ3n) is 4.86. The van der Waals surface area contributed by atoms with Crippen LogP contribution < -0.4 is 5.32 Å². The molecule has 4 unspecified atom stereocenters. The fraction of sp³-hybridized carbons (Fsp3) is 0.625. The molecule has 0 amide bonds. The summed E-state index contributed by atoms with van der Waals surface area (Å²) < 4.78 is 0. The van der Waals surface area contributed by atoms with Gasteiger partial charge >= 0.3 is 0 Å². The molecule has 2 aliphatic rings. The molecule has 0 spiro atoms. The van der Waals surface area contributed by atoms with Gasteiger partial charge < -0.3 is 10.4 Å². The number of fused-ring (bicyclic) bond motifs is 2. The molecule has 0 heterocycles. The van der Waals surface area contributed by atoms with E-state index in [9.17, 15) is 5.11 Å². The molecule has 2 heteroatoms. The normalized spacial score (nSPS) is 31.7. The number of hydrogen-bond acceptors (Lipinski definition) is 2. The zero-order valence-electron chi connectivity index (χ0n) is 11.1. The number of phenols is 1. The van der Waals surface area contributed by atoms with Crippen LogP contribution in [-0.2, 0) is 0 Å². The summed E-state index contributed by atoms with van der Waals surface area (Å²) in [4.78, 5) is 0. The van der Waals surface area contributed by atoms with Crippen molar-refractivity contribution >= 4 is 0 Å². The summed E-state index contributed by atoms with van der Waals surface area (Å²) in [5.74, 6) is 2.26. The van der Waals surface area contributed by atoms with Crippen LogP contribution in [0.15, 0.2) is 24.3 Å². The van der Waals surface area contributed by atoms with Crippen molar-refractivity contribution in [3.8, 4) is 5.75 Å². The van der Waals surface area contributed by atoms with Gasteiger partial charge in [0.05, 0.1) is 0 Å². The fourth-order valence-corrected chi connectivity index (χ4v) is 3.86. The Morgan fingerprint density at radius 3 is 2.56 bits per heavy atom. The summed E-state index contributed by atoms with van der Waals surface area (Å²) in [5, 5.41) is 13.2. The maximum absolute atomic E-state index is 9.36. The van der Waals surface area contributed by atoms with Gasteiger partial charge in [-0.25, -0.2) is 0 Å². The Morgan fingerprint density at radius 2 is 2.00 bits per heavy atom. The highest BCUT2D eigenvalue weighted by Crippen LogP contribution is 2.45. The standard InChI is InChI=1S/C16H23NO/c1-2-15(12-5-7-14(18)8-6-12)17-16-10-11-3-4-13(16)9-11/h5-8,11,13,15-18H,2-4,9-10H2,1H3. The second kappa shape index (κ2) is 4.93. The number of rotatable bonds is 4. The predicted octanol–water partition coefficient (Wildman–Crippen LogP) is 3.62. The summed E-state index contributed by atoms with van der Waals surface area (Å²) >= 11 is 0. The van der Waals surface area contributed by atoms with Crippen LogP contribution >= 0.6 is 0 Å². The van der Waals surface area contributed by atoms with Crippen molar-refractivity contribution < 1.29 is 5.11 Å². The van der Waals surface area contributed by atoms with E-state index in [4.69, 9.17) is 0 Å². The smallest absolute Gasteiger partial charge is 0.115 e. The van der Waals surface area contributed by atoms with Crippen LogP contribution in [0.2, 0.25) is 0 Å². The highest BCUT2D eigenvalue weighted by Gasteiger charge is 2.39. The molecule has 2 nitrogen and oxygen atoms in total. The van der Waals surface area contributed by atoms with E-state index in [1.54, 1.807) is 12.1 Å². The zero-order chi connectivity index (χ0) is 12.5. The van der Waals surface area contributed by atoms with Gasteiger partial charge in [-0.2, -0.15) is 0 Å². The lowest BCUT2D eigenvalue weighted by molar-refractivity contribution is 0.315. The number of aromatic hydroxyl groups is 1. The quantitative estimate of drug-likeness (QED) is 0.849. The van der Waals surface area contributed by atoms with Crippen molar-refractivity contribution in [2.45, 2.75) is 51.1 Å².